The summed E-state index contributed by atoms with van der Waals surface area (Å²) in [7, 11) is 1.24. The second-order valence-corrected chi connectivity index (χ2v) is 17.0. The lowest BCUT2D eigenvalue weighted by molar-refractivity contribution is -0.145. The van der Waals surface area contributed by atoms with Gasteiger partial charge in [0.2, 0.25) is 17.8 Å². The fraction of sp³-hybridized carbons (Fsp3) is 0.417. The quantitative estimate of drug-likeness (QED) is 0.0370. The maximum atomic E-state index is 13.8. The summed E-state index contributed by atoms with van der Waals surface area (Å²) in [4.78, 5) is 69.6. The zero-order valence-corrected chi connectivity index (χ0v) is 37.1. The molecule has 0 saturated heterocycles. The van der Waals surface area contributed by atoms with E-state index in [2.05, 4.69) is 38.4 Å². The van der Waals surface area contributed by atoms with Gasteiger partial charge in [0.25, 0.3) is 0 Å². The van der Waals surface area contributed by atoms with E-state index < -0.39 is 47.3 Å². The number of benzene rings is 4. The number of alkyl carbamates (subject to hydrolysis) is 2. The molecular weight excluding hydrogens is 807 g/mol. The minimum Gasteiger partial charge on any atom is -0.493 e. The molecule has 0 bridgehead atoms. The summed E-state index contributed by atoms with van der Waals surface area (Å²) in [5.74, 6) is -0.502. The minimum absolute atomic E-state index is 0.0544. The van der Waals surface area contributed by atoms with Gasteiger partial charge in [0, 0.05) is 24.1 Å². The average Bonchev–Trinajstić information content (AvgIpc) is 3.21. The Morgan fingerprint density at radius 2 is 1.32 bits per heavy atom. The molecule has 0 aromatic heterocycles. The normalized spacial score (nSPS) is 17.0. The zero-order chi connectivity index (χ0) is 45.6. The fourth-order valence-corrected chi connectivity index (χ4v) is 6.84. The standard InChI is InChI=1S/C48H59N5O10/c1-47(2,3)62-45(57)52-44(53-46(58)63-48(4,5)6)49-28-14-12-21-35-42(55)51-36(43(56)59-7)22-13-15-29-60-37-26-24-31-17-8-10-19-33(31)40(37)41-34-20-11-9-18-32(34)25-27-38(41)61-30-16-23-39(54)50-35/h8-11,13,15,17-20,24-27,35-36H,12,14,16,21-23,28-30H2,1-7H3,(H,50,54)(H,51,55)(H2,49,52,53,57,58)/b15-13+/t35-,36?/m1/s1. The number of methoxy groups -OCH3 is 1. The molecular formula is C48H59N5O10. The number of hydrogen-bond acceptors (Lipinski definition) is 11. The summed E-state index contributed by atoms with van der Waals surface area (Å²) in [6, 6.07) is 22.0. The third-order valence-electron chi connectivity index (χ3n) is 9.57. The van der Waals surface area contributed by atoms with E-state index in [1.165, 1.54) is 7.11 Å². The van der Waals surface area contributed by atoms with Crippen molar-refractivity contribution in [2.24, 2.45) is 4.99 Å². The molecule has 5 rings (SSSR count). The first-order valence-electron chi connectivity index (χ1n) is 21.2. The Hall–Kier alpha value is -6.64. The van der Waals surface area contributed by atoms with E-state index >= 15 is 0 Å². The lowest BCUT2D eigenvalue weighted by atomic mass is 9.92. The Balaban J connectivity index is 1.36. The third-order valence-corrected chi connectivity index (χ3v) is 9.57. The molecule has 15 nitrogen and oxygen atoms in total. The molecule has 4 aromatic rings. The van der Waals surface area contributed by atoms with Gasteiger partial charge in [-0.1, -0.05) is 72.8 Å². The van der Waals surface area contributed by atoms with E-state index in [1.54, 1.807) is 53.7 Å². The molecule has 4 aromatic carbocycles. The van der Waals surface area contributed by atoms with Gasteiger partial charge in [-0.15, -0.1) is 0 Å². The smallest absolute Gasteiger partial charge is 0.414 e. The highest BCUT2D eigenvalue weighted by Gasteiger charge is 2.27. The topological polar surface area (TPSA) is 192 Å². The predicted octanol–water partition coefficient (Wildman–Crippen LogP) is 7.88. The number of esters is 1. The van der Waals surface area contributed by atoms with Gasteiger partial charge in [-0.2, -0.15) is 0 Å². The van der Waals surface area contributed by atoms with E-state index in [-0.39, 0.29) is 50.9 Å². The number of fused-ring (bicyclic) bond motifs is 7. The van der Waals surface area contributed by atoms with Crippen molar-refractivity contribution in [1.82, 2.24) is 21.3 Å². The van der Waals surface area contributed by atoms with Crippen LogP contribution >= 0.6 is 0 Å². The van der Waals surface area contributed by atoms with Crippen molar-refractivity contribution in [2.75, 3.05) is 26.9 Å². The van der Waals surface area contributed by atoms with Crippen LogP contribution in [0, 0.1) is 0 Å². The highest BCUT2D eigenvalue weighted by molar-refractivity contribution is 6.10. The van der Waals surface area contributed by atoms with Gasteiger partial charge in [0.05, 0.1) is 13.7 Å². The average molecular weight is 866 g/mol. The van der Waals surface area contributed by atoms with Gasteiger partial charge in [0.15, 0.2) is 0 Å². The van der Waals surface area contributed by atoms with Crippen molar-refractivity contribution in [3.05, 3.63) is 84.9 Å². The first kappa shape index (κ1) is 47.4. The SMILES string of the molecule is COC(=O)C1C/C=C/COc2ccc3ccccc3c2-c2c(ccc3ccccc23)OCCCC(=O)N[C@H](CCCCN=C(NC(=O)OC(C)(C)C)NC(=O)OC(C)(C)C)C(=O)N1. The molecule has 15 heteroatoms. The molecule has 0 aliphatic carbocycles. The number of rotatable bonds is 6. The molecule has 63 heavy (non-hydrogen) atoms. The molecule has 4 amide bonds. The monoisotopic (exact) mass is 865 g/mol. The summed E-state index contributed by atoms with van der Waals surface area (Å²) in [6.07, 6.45) is 3.31. The summed E-state index contributed by atoms with van der Waals surface area (Å²) >= 11 is 0. The Bertz CT molecular complexity index is 2300. The van der Waals surface area contributed by atoms with Crippen LogP contribution in [0.5, 0.6) is 11.5 Å². The summed E-state index contributed by atoms with van der Waals surface area (Å²) < 4.78 is 28.6. The van der Waals surface area contributed by atoms with Crippen LogP contribution in [0.15, 0.2) is 89.9 Å². The number of ether oxygens (including phenoxy) is 5. The van der Waals surface area contributed by atoms with Gasteiger partial charge in [-0.25, -0.2) is 14.4 Å². The highest BCUT2D eigenvalue weighted by atomic mass is 16.6. The summed E-state index contributed by atoms with van der Waals surface area (Å²) in [6.45, 7) is 10.7. The number of unbranched alkanes of at least 4 members (excludes halogenated alkanes) is 1. The maximum Gasteiger partial charge on any atom is 0.414 e. The molecule has 1 heterocycles. The van der Waals surface area contributed by atoms with Gasteiger partial charge in [-0.3, -0.25) is 25.2 Å². The highest BCUT2D eigenvalue weighted by Crippen LogP contribution is 2.45. The molecule has 0 radical (unpaired) electrons. The van der Waals surface area contributed by atoms with E-state index in [9.17, 15) is 24.0 Å². The van der Waals surface area contributed by atoms with E-state index in [4.69, 9.17) is 23.7 Å². The molecule has 2 atom stereocenters. The summed E-state index contributed by atoms with van der Waals surface area (Å²) in [5.41, 5.74) is 0.127. The van der Waals surface area contributed by atoms with Crippen LogP contribution < -0.4 is 30.7 Å². The molecule has 1 aliphatic rings. The number of carbonyl (C=O) groups is 5. The number of guanidine groups is 1. The van der Waals surface area contributed by atoms with Crippen LogP contribution in [-0.4, -0.2) is 86.1 Å². The molecule has 0 saturated carbocycles. The number of nitrogens with zero attached hydrogens (tertiary/aromatic N) is 1. The van der Waals surface area contributed by atoms with Gasteiger partial charge >= 0.3 is 18.2 Å². The Morgan fingerprint density at radius 1 is 0.746 bits per heavy atom. The van der Waals surface area contributed by atoms with Crippen LogP contribution in [0.4, 0.5) is 9.59 Å². The predicted molar refractivity (Wildman–Crippen MR) is 242 cm³/mol. The van der Waals surface area contributed by atoms with E-state index in [0.717, 1.165) is 32.7 Å². The minimum atomic E-state index is -1.05. The van der Waals surface area contributed by atoms with Crippen molar-refractivity contribution in [3.63, 3.8) is 0 Å². The first-order valence-corrected chi connectivity index (χ1v) is 21.2. The molecule has 1 aliphatic heterocycles. The van der Waals surface area contributed by atoms with Crippen molar-refractivity contribution >= 4 is 57.5 Å². The van der Waals surface area contributed by atoms with Crippen LogP contribution in [-0.2, 0) is 28.6 Å². The number of nitrogens with one attached hydrogen (secondary N) is 4. The Labute approximate surface area is 368 Å². The molecule has 0 spiro atoms. The van der Waals surface area contributed by atoms with Crippen molar-refractivity contribution in [1.29, 1.82) is 0 Å². The lowest BCUT2D eigenvalue weighted by Gasteiger charge is -2.22. The second kappa shape index (κ2) is 21.9. The molecule has 0 fully saturated rings. The van der Waals surface area contributed by atoms with Crippen LogP contribution in [0.1, 0.15) is 80.1 Å². The maximum absolute atomic E-state index is 13.8. The summed E-state index contributed by atoms with van der Waals surface area (Å²) in [5, 5.41) is 14.5. The Kier molecular flexibility index (Phi) is 16.5. The lowest BCUT2D eigenvalue weighted by Crippen LogP contribution is -2.51. The Morgan fingerprint density at radius 3 is 1.89 bits per heavy atom. The van der Waals surface area contributed by atoms with Crippen LogP contribution in [0.2, 0.25) is 0 Å². The van der Waals surface area contributed by atoms with Crippen molar-refractivity contribution < 1.29 is 47.7 Å². The van der Waals surface area contributed by atoms with Gasteiger partial charge in [-0.05, 0) is 107 Å². The van der Waals surface area contributed by atoms with E-state index in [0.29, 0.717) is 30.8 Å². The number of hydrogen-bond donors (Lipinski definition) is 4. The largest absolute Gasteiger partial charge is 0.493 e. The number of amides is 4. The van der Waals surface area contributed by atoms with Crippen LogP contribution in [0.3, 0.4) is 0 Å². The fourth-order valence-electron chi connectivity index (χ4n) is 6.84. The van der Waals surface area contributed by atoms with Gasteiger partial charge < -0.3 is 34.3 Å². The van der Waals surface area contributed by atoms with E-state index in [1.807, 2.05) is 60.7 Å². The second-order valence-electron chi connectivity index (χ2n) is 17.0. The first-order chi connectivity index (χ1) is 30.0. The van der Waals surface area contributed by atoms with Crippen molar-refractivity contribution in [2.45, 2.75) is 103 Å². The number of aliphatic imine (C=N–C) groups is 1. The third kappa shape index (κ3) is 14.5. The van der Waals surface area contributed by atoms with Crippen molar-refractivity contribution in [3.8, 4) is 22.6 Å². The molecule has 336 valence electrons. The van der Waals surface area contributed by atoms with Crippen LogP contribution in [0.25, 0.3) is 32.7 Å². The zero-order valence-electron chi connectivity index (χ0n) is 37.1. The van der Waals surface area contributed by atoms with Gasteiger partial charge in [0.1, 0.15) is 41.4 Å². The number of carbonyl (C=O) groups excluding carboxylic acids is 5. The molecule has 4 N–H and O–H groups in total. The molecule has 1 unspecified atom stereocenters.